The van der Waals surface area contributed by atoms with Crippen molar-refractivity contribution in [2.24, 2.45) is 0 Å². The summed E-state index contributed by atoms with van der Waals surface area (Å²) in [5, 5.41) is 12.3. The maximum atomic E-state index is 12.4. The zero-order valence-corrected chi connectivity index (χ0v) is 24.6. The van der Waals surface area contributed by atoms with Crippen LogP contribution in [0.25, 0.3) is 0 Å². The molecule has 0 bridgehead atoms. The molecule has 0 aliphatic carbocycles. The first-order valence-electron chi connectivity index (χ1n) is 10.9. The van der Waals surface area contributed by atoms with Gasteiger partial charge in [-0.2, -0.15) is 0 Å². The fourth-order valence-corrected chi connectivity index (χ4v) is 3.49. The van der Waals surface area contributed by atoms with Crippen molar-refractivity contribution in [3.63, 3.8) is 0 Å². The largest absolute Gasteiger partial charge is 0.720 e. The van der Waals surface area contributed by atoms with Gasteiger partial charge in [0, 0.05) is 25.2 Å². The van der Waals surface area contributed by atoms with Crippen LogP contribution in [0.3, 0.4) is 0 Å². The molecule has 0 saturated heterocycles. The molecule has 0 aliphatic rings. The second-order valence-electron chi connectivity index (χ2n) is 7.38. The summed E-state index contributed by atoms with van der Waals surface area (Å²) >= 11 is 6.56. The topological polar surface area (TPSA) is 158 Å². The molecule has 2 aromatic carbocycles. The number of ether oxygens (including phenoxy) is 4. The molecule has 0 N–H and O–H groups in total. The molecule has 0 saturated carbocycles. The van der Waals surface area contributed by atoms with Crippen molar-refractivity contribution >= 4 is 61.5 Å². The summed E-state index contributed by atoms with van der Waals surface area (Å²) in [6, 6.07) is 12.0. The molecular weight excluding hydrogens is 664 g/mol. The van der Waals surface area contributed by atoms with Gasteiger partial charge in [-0.1, -0.05) is 48.9 Å². The number of hydrogen-bond acceptors (Lipinski definition) is 11. The van der Waals surface area contributed by atoms with Crippen LogP contribution in [0.4, 0.5) is 0 Å². The van der Waals surface area contributed by atoms with E-state index in [1.165, 1.54) is 36.4 Å². The van der Waals surface area contributed by atoms with Crippen molar-refractivity contribution in [3.8, 4) is 0 Å². The minimum Gasteiger partial charge on any atom is -0.720 e. The van der Waals surface area contributed by atoms with Crippen molar-refractivity contribution in [1.82, 2.24) is 0 Å². The molecule has 0 aliphatic heterocycles. The normalized spacial score (nSPS) is 12.2. The molecule has 12 nitrogen and oxygen atoms in total. The average Bonchev–Trinajstić information content (AvgIpc) is 2.98. The standard InChI is InChI=1S/C26H22Br2O12/c1-34-22(29)19(23(30)35-2)13-21(15-5-9-17(27)10-6-15)38-40-26(39-33,16-7-11-18(28)12-8-16)14-20(24(31)36-3)25(32)37-4/h5-14H,1-4H3. The van der Waals surface area contributed by atoms with Gasteiger partial charge in [0.2, 0.25) is 0 Å². The van der Waals surface area contributed by atoms with Crippen molar-refractivity contribution in [2.45, 2.75) is 5.79 Å². The number of allylic oxidation sites excluding steroid dienone is 1. The molecule has 0 aromatic heterocycles. The Bertz CT molecular complexity index is 1290. The first-order valence-corrected chi connectivity index (χ1v) is 12.5. The van der Waals surface area contributed by atoms with Gasteiger partial charge in [0.25, 0.3) is 0 Å². The van der Waals surface area contributed by atoms with E-state index in [9.17, 15) is 24.4 Å². The van der Waals surface area contributed by atoms with Gasteiger partial charge in [-0.3, -0.25) is 0 Å². The Morgan fingerprint density at radius 1 is 0.725 bits per heavy atom. The van der Waals surface area contributed by atoms with E-state index < -0.39 is 40.8 Å². The van der Waals surface area contributed by atoms with Crippen molar-refractivity contribution in [3.05, 3.63) is 91.9 Å². The van der Waals surface area contributed by atoms with E-state index in [1.807, 2.05) is 0 Å². The second-order valence-corrected chi connectivity index (χ2v) is 9.21. The van der Waals surface area contributed by atoms with Crippen molar-refractivity contribution in [2.75, 3.05) is 28.4 Å². The van der Waals surface area contributed by atoms with E-state index >= 15 is 0 Å². The van der Waals surface area contributed by atoms with Gasteiger partial charge in [-0.15, -0.1) is 0 Å². The highest BCUT2D eigenvalue weighted by Gasteiger charge is 2.42. The summed E-state index contributed by atoms with van der Waals surface area (Å²) in [5.41, 5.74) is -1.16. The third kappa shape index (κ3) is 8.08. The van der Waals surface area contributed by atoms with Crippen molar-refractivity contribution < 1.29 is 57.7 Å². The number of rotatable bonds is 11. The predicted octanol–water partition coefficient (Wildman–Crippen LogP) is 2.55. The molecule has 0 amide bonds. The zero-order valence-electron chi connectivity index (χ0n) is 21.4. The first-order chi connectivity index (χ1) is 19.0. The molecule has 0 heterocycles. The Balaban J connectivity index is 2.88. The van der Waals surface area contributed by atoms with Crippen LogP contribution in [-0.2, 0) is 53.7 Å². The molecule has 40 heavy (non-hydrogen) atoms. The van der Waals surface area contributed by atoms with E-state index in [0.717, 1.165) is 34.5 Å². The predicted molar refractivity (Wildman–Crippen MR) is 141 cm³/mol. The average molecular weight is 686 g/mol. The molecule has 0 fully saturated rings. The second kappa shape index (κ2) is 15.1. The van der Waals surface area contributed by atoms with Crippen LogP contribution in [0.5, 0.6) is 0 Å². The lowest BCUT2D eigenvalue weighted by Gasteiger charge is -2.26. The minimum absolute atomic E-state index is 0.0451. The Morgan fingerprint density at radius 2 is 1.15 bits per heavy atom. The van der Waals surface area contributed by atoms with Gasteiger partial charge in [0.15, 0.2) is 5.57 Å². The van der Waals surface area contributed by atoms with Gasteiger partial charge < -0.3 is 29.1 Å². The number of ketones is 1. The van der Waals surface area contributed by atoms with E-state index in [-0.39, 0.29) is 16.9 Å². The Hall–Kier alpha value is -3.85. The van der Waals surface area contributed by atoms with Gasteiger partial charge in [-0.05, 0) is 36.4 Å². The molecule has 2 rings (SSSR count). The van der Waals surface area contributed by atoms with Crippen LogP contribution >= 0.6 is 31.9 Å². The van der Waals surface area contributed by atoms with Gasteiger partial charge in [0.05, 0.1) is 40.1 Å². The van der Waals surface area contributed by atoms with E-state index in [0.29, 0.717) is 15.0 Å². The van der Waals surface area contributed by atoms with Crippen molar-refractivity contribution in [1.29, 1.82) is 0 Å². The number of carbonyl (C=O) groups is 4. The molecule has 2 aromatic rings. The first kappa shape index (κ1) is 32.4. The van der Waals surface area contributed by atoms with Gasteiger partial charge >= 0.3 is 35.4 Å². The lowest BCUT2D eigenvalue weighted by molar-refractivity contribution is -0.793. The van der Waals surface area contributed by atoms with E-state index in [1.54, 1.807) is 12.1 Å². The fourth-order valence-electron chi connectivity index (χ4n) is 2.96. The van der Waals surface area contributed by atoms with Gasteiger partial charge in [0.1, 0.15) is 5.57 Å². The molecule has 0 radical (unpaired) electrons. The summed E-state index contributed by atoms with van der Waals surface area (Å²) in [5.74, 6) is -7.41. The fraction of sp³-hybridized carbons (Fsp3) is 0.192. The Morgan fingerprint density at radius 3 is 1.57 bits per heavy atom. The highest BCUT2D eigenvalue weighted by molar-refractivity contribution is 9.10. The maximum Gasteiger partial charge on any atom is 0.441 e. The van der Waals surface area contributed by atoms with Crippen LogP contribution in [0, 0.1) is 0 Å². The van der Waals surface area contributed by atoms with Crippen LogP contribution < -0.4 is 5.26 Å². The third-order valence-electron chi connectivity index (χ3n) is 4.99. The van der Waals surface area contributed by atoms with Crippen LogP contribution in [0.1, 0.15) is 15.7 Å². The summed E-state index contributed by atoms with van der Waals surface area (Å²) in [4.78, 5) is 59.2. The minimum atomic E-state index is -2.62. The molecule has 0 spiro atoms. The smallest absolute Gasteiger partial charge is 0.441 e. The highest BCUT2D eigenvalue weighted by Crippen LogP contribution is 2.31. The molecule has 14 heteroatoms. The zero-order chi connectivity index (χ0) is 29.9. The maximum absolute atomic E-state index is 12.4. The number of esters is 4. The van der Waals surface area contributed by atoms with Crippen LogP contribution in [0.2, 0.25) is 0 Å². The van der Waals surface area contributed by atoms with Gasteiger partial charge in [-0.25, -0.2) is 19.2 Å². The number of benzene rings is 2. The summed E-state index contributed by atoms with van der Waals surface area (Å²) in [6.45, 7) is 0. The molecule has 212 valence electrons. The lowest BCUT2D eigenvalue weighted by atomic mass is 10.0. The SMILES string of the molecule is COC(=O)C(=CC(=[O+]OC(C=C(C(=O)OC)C(=O)OC)(O[O-])c1ccc(Br)cc1)c1ccc(Br)cc1)C(=O)OC. The molecule has 1 atom stereocenters. The van der Waals surface area contributed by atoms with Crippen LogP contribution in [0.15, 0.2) is 80.8 Å². The monoisotopic (exact) mass is 684 g/mol. The number of halogens is 2. The summed E-state index contributed by atoms with van der Waals surface area (Å²) < 4.78 is 25.3. The molecular formula is C26H22Br2O12. The number of carbonyl (C=O) groups excluding carboxylic acids is 5. The Labute approximate surface area is 244 Å². The molecule has 1 unspecified atom stereocenters. The number of methoxy groups -OCH3 is 4. The van der Waals surface area contributed by atoms with E-state index in [4.69, 9.17) is 9.46 Å². The summed E-state index contributed by atoms with van der Waals surface area (Å²) in [6.07, 6.45) is 1.65. The Kier molecular flexibility index (Phi) is 12.2. The van der Waals surface area contributed by atoms with Crippen LogP contribution in [-0.4, -0.2) is 58.1 Å². The lowest BCUT2D eigenvalue weighted by Crippen LogP contribution is -2.36. The number of hydrogen-bond donors (Lipinski definition) is 0. The highest BCUT2D eigenvalue weighted by atomic mass is 79.9. The third-order valence-corrected chi connectivity index (χ3v) is 6.04. The quantitative estimate of drug-likeness (QED) is 0.0327. The van der Waals surface area contributed by atoms with E-state index in [2.05, 4.69) is 55.7 Å². The summed E-state index contributed by atoms with van der Waals surface area (Å²) in [7, 11) is 4.10.